The number of hydrogen-bond donors (Lipinski definition) is 2. The van der Waals surface area contributed by atoms with E-state index in [0.717, 1.165) is 12.1 Å². The van der Waals surface area contributed by atoms with Gasteiger partial charge in [-0.2, -0.15) is 5.10 Å². The number of carbonyl (C=O) groups excluding carboxylic acids is 1. The summed E-state index contributed by atoms with van der Waals surface area (Å²) >= 11 is 0. The topological polar surface area (TPSA) is 89.5 Å². The molecule has 1 amide bonds. The van der Waals surface area contributed by atoms with Crippen molar-refractivity contribution in [2.24, 2.45) is 0 Å². The lowest BCUT2D eigenvalue weighted by Gasteiger charge is -2.18. The van der Waals surface area contributed by atoms with Gasteiger partial charge in [0.1, 0.15) is 0 Å². The quantitative estimate of drug-likeness (QED) is 0.799. The number of likely N-dealkylation sites (N-methyl/N-ethyl adjacent to an activating group) is 1. The van der Waals surface area contributed by atoms with E-state index in [1.54, 1.807) is 6.07 Å². The lowest BCUT2D eigenvalue weighted by Crippen LogP contribution is -2.36. The number of nitrogens with one attached hydrogen (secondary N) is 1. The maximum Gasteiger partial charge on any atom is 0.356 e. The molecule has 1 aliphatic rings. The van der Waals surface area contributed by atoms with E-state index in [4.69, 9.17) is 5.11 Å². The summed E-state index contributed by atoms with van der Waals surface area (Å²) in [5.41, 5.74) is 0.811. The van der Waals surface area contributed by atoms with Gasteiger partial charge in [0, 0.05) is 24.7 Å². The van der Waals surface area contributed by atoms with E-state index in [2.05, 4.69) is 10.2 Å². The molecule has 1 saturated heterocycles. The highest BCUT2D eigenvalue weighted by molar-refractivity contribution is 5.85. The molecule has 2 heterocycles. The average Bonchev–Trinajstić information content (AvgIpc) is 2.97. The number of H-pyrrole nitrogens is 1. The number of likely N-dealkylation sites (tertiary alicyclic amines) is 1. The van der Waals surface area contributed by atoms with Crippen LogP contribution in [0.4, 0.5) is 0 Å². The number of amides is 1. The van der Waals surface area contributed by atoms with Gasteiger partial charge in [-0.15, -0.1) is 0 Å². The van der Waals surface area contributed by atoms with E-state index >= 15 is 0 Å². The van der Waals surface area contributed by atoms with E-state index in [1.165, 1.54) is 0 Å². The summed E-state index contributed by atoms with van der Waals surface area (Å²) in [6.07, 6.45) is 0.834. The zero-order chi connectivity index (χ0) is 14.0. The average molecular weight is 266 g/mol. The fraction of sp³-hybridized carbons (Fsp3) is 0.583. The molecule has 0 radical (unpaired) electrons. The summed E-state index contributed by atoms with van der Waals surface area (Å²) in [5, 5.41) is 15.3. The second-order valence-corrected chi connectivity index (χ2v) is 5.08. The minimum Gasteiger partial charge on any atom is -0.476 e. The van der Waals surface area contributed by atoms with E-state index < -0.39 is 5.97 Å². The Morgan fingerprint density at radius 3 is 2.89 bits per heavy atom. The molecule has 0 aromatic carbocycles. The number of aromatic nitrogens is 2. The van der Waals surface area contributed by atoms with Crippen LogP contribution in [0.5, 0.6) is 0 Å². The Bertz CT molecular complexity index is 483. The maximum atomic E-state index is 11.9. The first kappa shape index (κ1) is 13.5. The van der Waals surface area contributed by atoms with Crippen molar-refractivity contribution in [2.75, 3.05) is 33.7 Å². The first-order valence-corrected chi connectivity index (χ1v) is 6.18. The second-order valence-electron chi connectivity index (χ2n) is 5.08. The van der Waals surface area contributed by atoms with E-state index in [-0.39, 0.29) is 17.5 Å². The summed E-state index contributed by atoms with van der Waals surface area (Å²) < 4.78 is 0. The van der Waals surface area contributed by atoms with Crippen molar-refractivity contribution in [3.8, 4) is 0 Å². The summed E-state index contributed by atoms with van der Waals surface area (Å²) in [6, 6.07) is 1.55. The molecule has 2 rings (SSSR count). The van der Waals surface area contributed by atoms with Gasteiger partial charge in [0.05, 0.1) is 6.54 Å². The largest absolute Gasteiger partial charge is 0.476 e. The molecule has 0 bridgehead atoms. The molecule has 1 fully saturated rings. The van der Waals surface area contributed by atoms with Crippen molar-refractivity contribution in [3.63, 3.8) is 0 Å². The van der Waals surface area contributed by atoms with Crippen molar-refractivity contribution in [1.82, 2.24) is 20.0 Å². The van der Waals surface area contributed by atoms with Gasteiger partial charge >= 0.3 is 5.97 Å². The highest BCUT2D eigenvalue weighted by Crippen LogP contribution is 2.26. The number of carbonyl (C=O) groups is 2. The Morgan fingerprint density at radius 2 is 2.32 bits per heavy atom. The van der Waals surface area contributed by atoms with Gasteiger partial charge in [-0.3, -0.25) is 9.89 Å². The third-order valence-corrected chi connectivity index (χ3v) is 3.25. The summed E-state index contributed by atoms with van der Waals surface area (Å²) in [6.45, 7) is 1.72. The summed E-state index contributed by atoms with van der Waals surface area (Å²) in [7, 11) is 3.72. The standard InChI is InChI=1S/C12H18N4O3/c1-15(2)7-11(17)16-4-3-8(6-16)9-5-10(12(18)19)14-13-9/h5,8H,3-4,6-7H2,1-2H3,(H,13,14)(H,18,19). The molecular weight excluding hydrogens is 248 g/mol. The minimum absolute atomic E-state index is 0.0214. The smallest absolute Gasteiger partial charge is 0.356 e. The highest BCUT2D eigenvalue weighted by Gasteiger charge is 2.29. The number of hydrogen-bond acceptors (Lipinski definition) is 4. The molecule has 1 atom stereocenters. The Labute approximate surface area is 111 Å². The van der Waals surface area contributed by atoms with Gasteiger partial charge in [-0.05, 0) is 26.6 Å². The zero-order valence-electron chi connectivity index (χ0n) is 11.1. The van der Waals surface area contributed by atoms with Crippen LogP contribution in [-0.2, 0) is 4.79 Å². The van der Waals surface area contributed by atoms with Crippen molar-refractivity contribution in [2.45, 2.75) is 12.3 Å². The van der Waals surface area contributed by atoms with Crippen LogP contribution in [0.2, 0.25) is 0 Å². The number of nitrogens with zero attached hydrogens (tertiary/aromatic N) is 3. The monoisotopic (exact) mass is 266 g/mol. The Morgan fingerprint density at radius 1 is 1.58 bits per heavy atom. The number of carboxylic acid groups (broad SMARTS) is 1. The molecule has 2 N–H and O–H groups in total. The summed E-state index contributed by atoms with van der Waals surface area (Å²) in [4.78, 5) is 26.3. The molecule has 1 aromatic heterocycles. The van der Waals surface area contributed by atoms with Crippen LogP contribution in [0.1, 0.15) is 28.5 Å². The van der Waals surface area contributed by atoms with Gasteiger partial charge in [0.25, 0.3) is 0 Å². The molecule has 1 unspecified atom stereocenters. The van der Waals surface area contributed by atoms with Crippen LogP contribution in [-0.4, -0.2) is 70.7 Å². The summed E-state index contributed by atoms with van der Waals surface area (Å²) in [5.74, 6) is -0.793. The molecular formula is C12H18N4O3. The predicted octanol–water partition coefficient (Wildman–Crippen LogP) is -0.0146. The number of carboxylic acids is 1. The van der Waals surface area contributed by atoms with Gasteiger partial charge in [0.15, 0.2) is 5.69 Å². The molecule has 19 heavy (non-hydrogen) atoms. The highest BCUT2D eigenvalue weighted by atomic mass is 16.4. The van der Waals surface area contributed by atoms with Gasteiger partial charge < -0.3 is 14.9 Å². The number of aromatic amines is 1. The van der Waals surface area contributed by atoms with Crippen LogP contribution in [0.25, 0.3) is 0 Å². The molecule has 7 heteroatoms. The fourth-order valence-electron chi connectivity index (χ4n) is 2.27. The maximum absolute atomic E-state index is 11.9. The van der Waals surface area contributed by atoms with E-state index in [9.17, 15) is 9.59 Å². The van der Waals surface area contributed by atoms with Gasteiger partial charge in [-0.25, -0.2) is 4.79 Å². The Balaban J connectivity index is 1.97. The van der Waals surface area contributed by atoms with E-state index in [0.29, 0.717) is 19.6 Å². The molecule has 0 spiro atoms. The molecule has 0 saturated carbocycles. The van der Waals surface area contributed by atoms with Crippen molar-refractivity contribution in [3.05, 3.63) is 17.5 Å². The first-order valence-electron chi connectivity index (χ1n) is 6.18. The molecule has 0 aliphatic carbocycles. The lowest BCUT2D eigenvalue weighted by atomic mass is 10.1. The first-order chi connectivity index (χ1) is 8.97. The van der Waals surface area contributed by atoms with E-state index in [1.807, 2.05) is 23.9 Å². The molecule has 1 aliphatic heterocycles. The van der Waals surface area contributed by atoms with Crippen LogP contribution in [0.3, 0.4) is 0 Å². The normalized spacial score (nSPS) is 19.1. The second kappa shape index (κ2) is 5.40. The molecule has 7 nitrogen and oxygen atoms in total. The fourth-order valence-corrected chi connectivity index (χ4v) is 2.27. The minimum atomic E-state index is -1.04. The van der Waals surface area contributed by atoms with Crippen molar-refractivity contribution >= 4 is 11.9 Å². The van der Waals surface area contributed by atoms with Gasteiger partial charge in [-0.1, -0.05) is 0 Å². The third-order valence-electron chi connectivity index (χ3n) is 3.25. The van der Waals surface area contributed by atoms with Crippen LogP contribution in [0.15, 0.2) is 6.07 Å². The van der Waals surface area contributed by atoms with Crippen LogP contribution >= 0.6 is 0 Å². The molecule has 104 valence electrons. The number of rotatable bonds is 4. The van der Waals surface area contributed by atoms with Gasteiger partial charge in [0.2, 0.25) is 5.91 Å². The van der Waals surface area contributed by atoms with Crippen LogP contribution in [0, 0.1) is 0 Å². The Kier molecular flexibility index (Phi) is 3.84. The third kappa shape index (κ3) is 3.11. The molecule has 1 aromatic rings. The zero-order valence-corrected chi connectivity index (χ0v) is 11.1. The lowest BCUT2D eigenvalue weighted by molar-refractivity contribution is -0.130. The number of aromatic carboxylic acids is 1. The van der Waals surface area contributed by atoms with Crippen molar-refractivity contribution < 1.29 is 14.7 Å². The SMILES string of the molecule is CN(C)CC(=O)N1CCC(c2cc(C(=O)O)n[nH]2)C1. The Hall–Kier alpha value is -1.89. The van der Waals surface area contributed by atoms with Crippen LogP contribution < -0.4 is 0 Å². The van der Waals surface area contributed by atoms with Crippen molar-refractivity contribution in [1.29, 1.82) is 0 Å². The predicted molar refractivity (Wildman–Crippen MR) is 68.0 cm³/mol.